The lowest BCUT2D eigenvalue weighted by Gasteiger charge is -2.30. The van der Waals surface area contributed by atoms with E-state index >= 15 is 31.1 Å². The van der Waals surface area contributed by atoms with Gasteiger partial charge in [-0.25, -0.2) is 0 Å². The Morgan fingerprint density at radius 2 is 0.738 bits per heavy atom. The van der Waals surface area contributed by atoms with Gasteiger partial charge in [-0.15, -0.1) is 0 Å². The molecular weight excluding hydrogens is 1020 g/mol. The summed E-state index contributed by atoms with van der Waals surface area (Å²) in [4.78, 5) is 15.0. The smallest absolute Gasteiger partial charge is 0.416 e. The molecule has 11 heteroatoms. The molecule has 2 spiro atoms. The molecule has 0 saturated carbocycles. The van der Waals surface area contributed by atoms with E-state index in [1.165, 1.54) is 36.4 Å². The zero-order valence-electron chi connectivity index (χ0n) is 41.5. The summed E-state index contributed by atoms with van der Waals surface area (Å²) in [6.07, 6.45) is -6.56. The van der Waals surface area contributed by atoms with Crippen molar-refractivity contribution in [2.75, 3.05) is 10.6 Å². The van der Waals surface area contributed by atoms with Gasteiger partial charge in [-0.05, 0) is 159 Å². The molecule has 5 aliphatic carbocycles. The SMILES string of the molecule is O=C1C(O)=C(/C=C2\Nc3c(cc4c5c(cccc35)-c3ccccc3-4)C23c2ccccc2-c2ccc(C(F)(F)F)cc23)C(O)=C1/C=C1\Nc2c(cc3c4c(cccc24)-c2ccccc2-3)C12c1ccccc1-c1ccc(C(F)(F)F)cc12. The number of allylic oxidation sites excluding steroid dienone is 5. The predicted octanol–water partition coefficient (Wildman–Crippen LogP) is 17.5. The van der Waals surface area contributed by atoms with Crippen LogP contribution in [0.3, 0.4) is 0 Å². The molecule has 7 aliphatic rings. The first-order valence-corrected chi connectivity index (χ1v) is 26.1. The molecule has 5 nitrogen and oxygen atoms in total. The Bertz CT molecular complexity index is 4810. The van der Waals surface area contributed by atoms with Gasteiger partial charge in [0.2, 0.25) is 5.78 Å². The van der Waals surface area contributed by atoms with Crippen molar-refractivity contribution in [3.63, 3.8) is 0 Å². The second-order valence-electron chi connectivity index (χ2n) is 21.6. The first-order chi connectivity index (χ1) is 38.7. The van der Waals surface area contributed by atoms with E-state index in [1.54, 1.807) is 0 Å². The summed E-state index contributed by atoms with van der Waals surface area (Å²) in [6, 6.07) is 54.2. The minimum absolute atomic E-state index is 0.262. The van der Waals surface area contributed by atoms with E-state index in [0.717, 1.165) is 78.2 Å². The quantitative estimate of drug-likeness (QED) is 0.130. The molecule has 0 saturated heterocycles. The van der Waals surface area contributed by atoms with Crippen molar-refractivity contribution in [1.82, 2.24) is 0 Å². The van der Waals surface area contributed by atoms with Crippen molar-refractivity contribution >= 4 is 38.7 Å². The Labute approximate surface area is 451 Å². The van der Waals surface area contributed by atoms with Crippen molar-refractivity contribution in [2.24, 2.45) is 0 Å². The van der Waals surface area contributed by atoms with Gasteiger partial charge >= 0.3 is 12.4 Å². The van der Waals surface area contributed by atoms with Crippen molar-refractivity contribution in [3.8, 4) is 66.8 Å². The highest BCUT2D eigenvalue weighted by Gasteiger charge is 2.57. The second-order valence-corrected chi connectivity index (χ2v) is 21.6. The standard InChI is InChI=1S/C69H36F6N2O3/c70-68(71,72)33-23-25-41-39-15-5-7-21-51(39)66(53(41)27-33)55-29-47-37-13-3-1-11-35(37)43-17-9-19-45(59(43)47)61(55)76-57(66)31-49-63(78)50(65(80)64(49)79)32-58-67(52-22-8-6-16-40(52)42-26-24-34(28-54(42)67)69(73,74)75)56-30-48-38-14-4-2-12-36(38)44-18-10-20-46(60(44)48)62(56)77-58/h1-32,76-78H,(H,79,80)/b57-31-,58-32-. The third kappa shape index (κ3) is 5.32. The number of carbonyl (C=O) groups excluding carboxylic acids is 1. The lowest BCUT2D eigenvalue weighted by Crippen LogP contribution is -2.28. The number of aliphatic hydroxyl groups is 2. The number of alkyl halides is 6. The Morgan fingerprint density at radius 1 is 0.362 bits per heavy atom. The summed E-state index contributed by atoms with van der Waals surface area (Å²) in [6.45, 7) is 0. The van der Waals surface area contributed by atoms with Gasteiger partial charge < -0.3 is 20.8 Å². The number of hydrogen-bond donors (Lipinski definition) is 4. The zero-order chi connectivity index (χ0) is 54.1. The number of ketones is 1. The highest BCUT2D eigenvalue weighted by atomic mass is 19.4. The Morgan fingerprint density at radius 3 is 1.18 bits per heavy atom. The van der Waals surface area contributed by atoms with Crippen LogP contribution in [0, 0.1) is 0 Å². The minimum Gasteiger partial charge on any atom is -0.506 e. The third-order valence-corrected chi connectivity index (χ3v) is 18.0. The number of halogens is 6. The first-order valence-electron chi connectivity index (χ1n) is 26.1. The average molecular weight is 1060 g/mol. The molecule has 80 heavy (non-hydrogen) atoms. The Hall–Kier alpha value is -9.87. The number of aliphatic hydroxyl groups excluding tert-OH is 2. The molecule has 10 aromatic rings. The monoisotopic (exact) mass is 1050 g/mol. The van der Waals surface area contributed by atoms with E-state index in [0.29, 0.717) is 67.0 Å². The maximum absolute atomic E-state index is 15.0. The molecule has 2 atom stereocenters. The third-order valence-electron chi connectivity index (χ3n) is 18.0. The van der Waals surface area contributed by atoms with Gasteiger partial charge in [0.05, 0.1) is 44.5 Å². The van der Waals surface area contributed by atoms with Crippen LogP contribution >= 0.6 is 0 Å². The number of hydrogen-bond acceptors (Lipinski definition) is 5. The van der Waals surface area contributed by atoms with Crippen LogP contribution in [0.4, 0.5) is 37.7 Å². The molecule has 4 N–H and O–H groups in total. The van der Waals surface area contributed by atoms with Gasteiger partial charge in [-0.1, -0.05) is 146 Å². The maximum atomic E-state index is 15.0. The maximum Gasteiger partial charge on any atom is 0.416 e. The largest absolute Gasteiger partial charge is 0.506 e. The van der Waals surface area contributed by atoms with E-state index in [2.05, 4.69) is 10.6 Å². The Balaban J connectivity index is 0.921. The molecule has 382 valence electrons. The highest BCUT2D eigenvalue weighted by molar-refractivity contribution is 6.22. The molecular formula is C69H36F6N2O3. The number of Topliss-reactive ketones (excluding diaryl/α,β-unsaturated/α-hetero) is 1. The number of benzene rings is 10. The van der Waals surface area contributed by atoms with Crippen LogP contribution in [0.1, 0.15) is 44.5 Å². The van der Waals surface area contributed by atoms with E-state index < -0.39 is 51.6 Å². The van der Waals surface area contributed by atoms with Crippen LogP contribution < -0.4 is 10.6 Å². The summed E-state index contributed by atoms with van der Waals surface area (Å²) in [5, 5.41) is 35.9. The predicted molar refractivity (Wildman–Crippen MR) is 298 cm³/mol. The molecule has 2 unspecified atom stereocenters. The summed E-state index contributed by atoms with van der Waals surface area (Å²) in [7, 11) is 0. The van der Waals surface area contributed by atoms with Crippen LogP contribution in [0.25, 0.3) is 88.3 Å². The van der Waals surface area contributed by atoms with Crippen LogP contribution in [0.15, 0.2) is 228 Å². The van der Waals surface area contributed by atoms with Crippen molar-refractivity contribution in [3.05, 3.63) is 273 Å². The van der Waals surface area contributed by atoms with Gasteiger partial charge in [0.15, 0.2) is 5.76 Å². The molecule has 0 radical (unpaired) electrons. The Kier molecular flexibility index (Phi) is 8.37. The van der Waals surface area contributed by atoms with Crippen molar-refractivity contribution in [1.29, 1.82) is 0 Å². The van der Waals surface area contributed by atoms with Gasteiger partial charge in [-0.2, -0.15) is 26.3 Å². The van der Waals surface area contributed by atoms with Crippen LogP contribution in [0.5, 0.6) is 0 Å². The number of fused-ring (bicyclic) bond motifs is 22. The normalized spacial score (nSPS) is 20.0. The molecule has 0 aromatic heterocycles. The number of anilines is 2. The van der Waals surface area contributed by atoms with Gasteiger partial charge in [0.1, 0.15) is 5.76 Å². The van der Waals surface area contributed by atoms with Gasteiger partial charge in [-0.3, -0.25) is 4.79 Å². The number of carbonyl (C=O) groups is 1. The first kappa shape index (κ1) is 45.2. The van der Waals surface area contributed by atoms with Crippen molar-refractivity contribution < 1.29 is 41.4 Å². The van der Waals surface area contributed by atoms with Crippen LogP contribution in [-0.4, -0.2) is 16.0 Å². The number of nitrogens with one attached hydrogen (secondary N) is 2. The molecule has 17 rings (SSSR count). The fourth-order valence-corrected chi connectivity index (χ4v) is 14.9. The summed E-state index contributed by atoms with van der Waals surface area (Å²) < 4.78 is 90.2. The summed E-state index contributed by atoms with van der Waals surface area (Å²) in [5.74, 6) is -2.43. The average Bonchev–Trinajstić information content (AvgIpc) is 4.18. The van der Waals surface area contributed by atoms with E-state index in [9.17, 15) is 10.2 Å². The van der Waals surface area contributed by atoms with Gasteiger partial charge in [0.25, 0.3) is 0 Å². The fourth-order valence-electron chi connectivity index (χ4n) is 14.9. The number of rotatable bonds is 2. The second kappa shape index (κ2) is 14.8. The topological polar surface area (TPSA) is 81.6 Å². The lowest BCUT2D eigenvalue weighted by atomic mass is 9.70. The van der Waals surface area contributed by atoms with Crippen molar-refractivity contribution in [2.45, 2.75) is 23.2 Å². The summed E-state index contributed by atoms with van der Waals surface area (Å²) in [5.41, 5.74) is 9.67. The molecule has 2 aliphatic heterocycles. The molecule has 2 heterocycles. The zero-order valence-corrected chi connectivity index (χ0v) is 41.5. The molecule has 0 bridgehead atoms. The van der Waals surface area contributed by atoms with Crippen LogP contribution in [-0.2, 0) is 28.0 Å². The van der Waals surface area contributed by atoms with Gasteiger partial charge in [0, 0.05) is 22.2 Å². The molecule has 10 aromatic carbocycles. The lowest BCUT2D eigenvalue weighted by molar-refractivity contribution is -0.138. The highest BCUT2D eigenvalue weighted by Crippen LogP contribution is 2.67. The fraction of sp³-hybridized carbons (Fsp3) is 0.0580. The van der Waals surface area contributed by atoms with E-state index in [-0.39, 0.29) is 22.5 Å². The summed E-state index contributed by atoms with van der Waals surface area (Å²) >= 11 is 0. The van der Waals surface area contributed by atoms with E-state index in [1.807, 2.05) is 146 Å². The molecule has 0 amide bonds. The van der Waals surface area contributed by atoms with Crippen LogP contribution in [0.2, 0.25) is 0 Å². The van der Waals surface area contributed by atoms with E-state index in [4.69, 9.17) is 0 Å². The molecule has 0 fully saturated rings. The minimum atomic E-state index is -4.73.